The second kappa shape index (κ2) is 5.98. The Morgan fingerprint density at radius 3 is 3.12 bits per heavy atom. The lowest BCUT2D eigenvalue weighted by atomic mass is 9.99. The standard InChI is InChI=1S/C14H26N2O/c1-4-11(2)8-13(15-3)14-9-16-7-5-6-12(16)10-17-14/h12-15H,2,4-10H2,1,3H3. The van der Waals surface area contributed by atoms with Crippen LogP contribution >= 0.6 is 0 Å². The van der Waals surface area contributed by atoms with E-state index in [-0.39, 0.29) is 0 Å². The van der Waals surface area contributed by atoms with E-state index in [1.54, 1.807) is 0 Å². The number of nitrogens with zero attached hydrogens (tertiary/aromatic N) is 1. The molecular formula is C14H26N2O. The molecule has 3 nitrogen and oxygen atoms in total. The fraction of sp³-hybridized carbons (Fsp3) is 0.857. The largest absolute Gasteiger partial charge is 0.374 e. The Kier molecular flexibility index (Phi) is 4.60. The normalized spacial score (nSPS) is 31.2. The smallest absolute Gasteiger partial charge is 0.0858 e. The summed E-state index contributed by atoms with van der Waals surface area (Å²) in [6.45, 7) is 9.56. The minimum absolute atomic E-state index is 0.331. The zero-order valence-corrected chi connectivity index (χ0v) is 11.2. The fourth-order valence-corrected chi connectivity index (χ4v) is 2.96. The van der Waals surface area contributed by atoms with Gasteiger partial charge in [-0.2, -0.15) is 0 Å². The maximum Gasteiger partial charge on any atom is 0.0858 e. The average Bonchev–Trinajstić information content (AvgIpc) is 2.82. The van der Waals surface area contributed by atoms with Crippen LogP contribution in [0.2, 0.25) is 0 Å². The summed E-state index contributed by atoms with van der Waals surface area (Å²) in [6.07, 6.45) is 5.09. The number of likely N-dealkylation sites (N-methyl/N-ethyl adjacent to an activating group) is 1. The lowest BCUT2D eigenvalue weighted by molar-refractivity contribution is -0.0634. The molecule has 2 aliphatic heterocycles. The van der Waals surface area contributed by atoms with E-state index in [0.29, 0.717) is 18.2 Å². The molecule has 0 aliphatic carbocycles. The lowest BCUT2D eigenvalue weighted by Gasteiger charge is -2.39. The number of hydrogen-bond donors (Lipinski definition) is 1. The molecule has 0 bridgehead atoms. The third-order valence-electron chi connectivity index (χ3n) is 4.24. The van der Waals surface area contributed by atoms with Crippen molar-refractivity contribution in [1.29, 1.82) is 0 Å². The van der Waals surface area contributed by atoms with Gasteiger partial charge in [0.1, 0.15) is 0 Å². The van der Waals surface area contributed by atoms with Crippen molar-refractivity contribution < 1.29 is 4.74 Å². The first-order valence-electron chi connectivity index (χ1n) is 6.94. The Bertz CT molecular complexity index is 267. The first kappa shape index (κ1) is 13.1. The molecule has 2 saturated heterocycles. The summed E-state index contributed by atoms with van der Waals surface area (Å²) in [5, 5.41) is 3.40. The van der Waals surface area contributed by atoms with Gasteiger partial charge in [0.25, 0.3) is 0 Å². The van der Waals surface area contributed by atoms with Gasteiger partial charge in [-0.3, -0.25) is 4.90 Å². The van der Waals surface area contributed by atoms with Crippen molar-refractivity contribution in [2.75, 3.05) is 26.7 Å². The minimum Gasteiger partial charge on any atom is -0.374 e. The van der Waals surface area contributed by atoms with Crippen molar-refractivity contribution in [3.63, 3.8) is 0 Å². The van der Waals surface area contributed by atoms with Crippen LogP contribution in [0.1, 0.15) is 32.6 Å². The quantitative estimate of drug-likeness (QED) is 0.739. The molecule has 2 fully saturated rings. The molecule has 98 valence electrons. The van der Waals surface area contributed by atoms with Crippen LogP contribution in [0.15, 0.2) is 12.2 Å². The van der Waals surface area contributed by atoms with E-state index in [4.69, 9.17) is 4.74 Å². The van der Waals surface area contributed by atoms with Crippen LogP contribution in [0.4, 0.5) is 0 Å². The second-order valence-electron chi connectivity index (χ2n) is 5.37. The van der Waals surface area contributed by atoms with Crippen LogP contribution in [0.25, 0.3) is 0 Å². The van der Waals surface area contributed by atoms with Crippen LogP contribution < -0.4 is 5.32 Å². The number of ether oxygens (including phenoxy) is 1. The molecule has 0 aromatic carbocycles. The summed E-state index contributed by atoms with van der Waals surface area (Å²) in [4.78, 5) is 2.60. The Morgan fingerprint density at radius 1 is 1.59 bits per heavy atom. The molecule has 0 amide bonds. The number of morpholine rings is 1. The average molecular weight is 238 g/mol. The summed E-state index contributed by atoms with van der Waals surface area (Å²) in [5.41, 5.74) is 1.32. The third kappa shape index (κ3) is 3.09. The molecule has 2 heterocycles. The SMILES string of the molecule is C=C(CC)CC(NC)C1CN2CCCC2CO1. The summed E-state index contributed by atoms with van der Waals surface area (Å²) >= 11 is 0. The van der Waals surface area contributed by atoms with Gasteiger partial charge in [-0.1, -0.05) is 19.1 Å². The predicted molar refractivity (Wildman–Crippen MR) is 71.2 cm³/mol. The molecule has 3 atom stereocenters. The van der Waals surface area contributed by atoms with Crippen molar-refractivity contribution in [1.82, 2.24) is 10.2 Å². The Hall–Kier alpha value is -0.380. The van der Waals surface area contributed by atoms with Gasteiger partial charge < -0.3 is 10.1 Å². The van der Waals surface area contributed by atoms with Crippen LogP contribution in [0.5, 0.6) is 0 Å². The molecule has 0 radical (unpaired) electrons. The maximum atomic E-state index is 6.05. The van der Waals surface area contributed by atoms with Gasteiger partial charge in [0.05, 0.1) is 12.7 Å². The highest BCUT2D eigenvalue weighted by molar-refractivity contribution is 5.00. The number of rotatable bonds is 5. The summed E-state index contributed by atoms with van der Waals surface area (Å²) in [7, 11) is 2.03. The number of nitrogens with one attached hydrogen (secondary N) is 1. The van der Waals surface area contributed by atoms with E-state index in [0.717, 1.165) is 26.0 Å². The molecule has 2 rings (SSSR count). The van der Waals surface area contributed by atoms with Gasteiger partial charge in [-0.05, 0) is 39.3 Å². The molecule has 0 saturated carbocycles. The van der Waals surface area contributed by atoms with Crippen LogP contribution in [-0.4, -0.2) is 49.8 Å². The molecule has 2 aliphatic rings. The zero-order valence-electron chi connectivity index (χ0n) is 11.2. The van der Waals surface area contributed by atoms with Gasteiger partial charge in [0.15, 0.2) is 0 Å². The first-order valence-corrected chi connectivity index (χ1v) is 6.94. The predicted octanol–water partition coefficient (Wildman–Crippen LogP) is 1.79. The van der Waals surface area contributed by atoms with Crippen molar-refractivity contribution in [2.45, 2.75) is 50.8 Å². The van der Waals surface area contributed by atoms with Crippen LogP contribution in [-0.2, 0) is 4.74 Å². The topological polar surface area (TPSA) is 24.5 Å². The van der Waals surface area contributed by atoms with Crippen molar-refractivity contribution >= 4 is 0 Å². The minimum atomic E-state index is 0.331. The third-order valence-corrected chi connectivity index (χ3v) is 4.24. The molecular weight excluding hydrogens is 212 g/mol. The van der Waals surface area contributed by atoms with Crippen molar-refractivity contribution in [3.8, 4) is 0 Å². The first-order chi connectivity index (χ1) is 8.24. The van der Waals surface area contributed by atoms with Gasteiger partial charge in [0, 0.05) is 18.6 Å². The summed E-state index contributed by atoms with van der Waals surface area (Å²) in [6, 6.07) is 1.11. The van der Waals surface area contributed by atoms with Crippen molar-refractivity contribution in [3.05, 3.63) is 12.2 Å². The van der Waals surface area contributed by atoms with E-state index in [9.17, 15) is 0 Å². The van der Waals surface area contributed by atoms with E-state index >= 15 is 0 Å². The number of hydrogen-bond acceptors (Lipinski definition) is 3. The van der Waals surface area contributed by atoms with E-state index in [1.807, 2.05) is 7.05 Å². The maximum absolute atomic E-state index is 6.05. The van der Waals surface area contributed by atoms with E-state index in [1.165, 1.54) is 25.0 Å². The fourth-order valence-electron chi connectivity index (χ4n) is 2.96. The van der Waals surface area contributed by atoms with Gasteiger partial charge in [0.2, 0.25) is 0 Å². The molecule has 0 spiro atoms. The van der Waals surface area contributed by atoms with Crippen LogP contribution in [0, 0.1) is 0 Å². The monoisotopic (exact) mass is 238 g/mol. The molecule has 1 N–H and O–H groups in total. The van der Waals surface area contributed by atoms with E-state index < -0.39 is 0 Å². The van der Waals surface area contributed by atoms with Gasteiger partial charge in [-0.25, -0.2) is 0 Å². The highest BCUT2D eigenvalue weighted by atomic mass is 16.5. The Balaban J connectivity index is 1.89. The van der Waals surface area contributed by atoms with Gasteiger partial charge >= 0.3 is 0 Å². The van der Waals surface area contributed by atoms with E-state index in [2.05, 4.69) is 23.7 Å². The Morgan fingerprint density at radius 2 is 2.41 bits per heavy atom. The summed E-state index contributed by atoms with van der Waals surface area (Å²) < 4.78 is 6.05. The highest BCUT2D eigenvalue weighted by Gasteiger charge is 2.35. The molecule has 0 aromatic heterocycles. The molecule has 3 heteroatoms. The molecule has 0 aromatic rings. The second-order valence-corrected chi connectivity index (χ2v) is 5.37. The number of fused-ring (bicyclic) bond motifs is 1. The zero-order chi connectivity index (χ0) is 12.3. The molecule has 3 unspecified atom stereocenters. The van der Waals surface area contributed by atoms with Gasteiger partial charge in [-0.15, -0.1) is 0 Å². The molecule has 17 heavy (non-hydrogen) atoms. The highest BCUT2D eigenvalue weighted by Crippen LogP contribution is 2.25. The van der Waals surface area contributed by atoms with Crippen LogP contribution in [0.3, 0.4) is 0 Å². The summed E-state index contributed by atoms with van der Waals surface area (Å²) in [5.74, 6) is 0. The lowest BCUT2D eigenvalue weighted by Crippen LogP contribution is -2.53. The Labute approximate surface area is 105 Å². The van der Waals surface area contributed by atoms with Crippen molar-refractivity contribution in [2.24, 2.45) is 0 Å².